The van der Waals surface area contributed by atoms with Crippen LogP contribution in [0.2, 0.25) is 0 Å². The second-order valence-electron chi connectivity index (χ2n) is 7.27. The zero-order valence-corrected chi connectivity index (χ0v) is 20.8. The highest BCUT2D eigenvalue weighted by molar-refractivity contribution is 8.01. The van der Waals surface area contributed by atoms with Gasteiger partial charge in [0.25, 0.3) is 17.4 Å². The number of carbonyl (C=O) groups is 3. The molecule has 4 rings (SSSR count). The Hall–Kier alpha value is -3.77. The normalized spacial score (nSPS) is 19.5. The molecule has 9 N–H and O–H groups in total. The maximum Gasteiger partial charge on any atom is 0.352 e. The van der Waals surface area contributed by atoms with Gasteiger partial charge in [-0.05, 0) is 5.57 Å². The van der Waals surface area contributed by atoms with E-state index in [2.05, 4.69) is 25.4 Å². The number of carboxylic acids is 1. The number of nitrogens with zero attached hydrogens (tertiary/aromatic N) is 4. The fourth-order valence-corrected chi connectivity index (χ4v) is 6.30. The molecule has 2 aliphatic rings. The van der Waals surface area contributed by atoms with E-state index >= 15 is 0 Å². The monoisotopic (exact) mass is 553 g/mol. The van der Waals surface area contributed by atoms with Gasteiger partial charge >= 0.3 is 5.97 Å². The maximum absolute atomic E-state index is 12.9. The molecule has 2 aromatic rings. The lowest BCUT2D eigenvalue weighted by Crippen LogP contribution is -2.71. The molecule has 1 saturated heterocycles. The van der Waals surface area contributed by atoms with Crippen molar-refractivity contribution in [1.29, 1.82) is 0 Å². The number of nitrogen functional groups attached to an aromatic ring is 3. The molecule has 18 heteroatoms. The molecular formula is C18H19N9O6S3. The number of fused-ring (bicyclic) bond motifs is 1. The van der Waals surface area contributed by atoms with Gasteiger partial charge in [0.15, 0.2) is 21.8 Å². The summed E-state index contributed by atoms with van der Waals surface area (Å²) in [6.45, 7) is 0. The summed E-state index contributed by atoms with van der Waals surface area (Å²) in [7, 11) is 1.25. The van der Waals surface area contributed by atoms with Gasteiger partial charge in [-0.3, -0.25) is 24.3 Å². The third kappa shape index (κ3) is 4.69. The average molecular weight is 554 g/mol. The second kappa shape index (κ2) is 10.1. The van der Waals surface area contributed by atoms with Gasteiger partial charge in [-0.25, -0.2) is 14.8 Å². The van der Waals surface area contributed by atoms with Crippen LogP contribution in [0.25, 0.3) is 0 Å². The number of thiazole rings is 1. The van der Waals surface area contributed by atoms with Crippen LogP contribution in [-0.2, 0) is 19.2 Å². The summed E-state index contributed by atoms with van der Waals surface area (Å²) < 4.78 is 0. The van der Waals surface area contributed by atoms with Crippen LogP contribution in [0.3, 0.4) is 0 Å². The lowest BCUT2D eigenvalue weighted by atomic mass is 10.0. The van der Waals surface area contributed by atoms with Gasteiger partial charge in [0, 0.05) is 16.9 Å². The van der Waals surface area contributed by atoms with E-state index in [1.165, 1.54) is 24.3 Å². The topological polar surface area (TPSA) is 245 Å². The zero-order valence-electron chi connectivity index (χ0n) is 18.4. The molecule has 15 nitrogen and oxygen atoms in total. The highest BCUT2D eigenvalue weighted by atomic mass is 32.2. The van der Waals surface area contributed by atoms with Crippen LogP contribution in [0.5, 0.6) is 0 Å². The van der Waals surface area contributed by atoms with Crippen molar-refractivity contribution in [3.63, 3.8) is 0 Å². The summed E-state index contributed by atoms with van der Waals surface area (Å²) in [5.41, 5.74) is 16.2. The molecule has 2 aliphatic heterocycles. The van der Waals surface area contributed by atoms with E-state index in [1.807, 2.05) is 0 Å². The van der Waals surface area contributed by atoms with Crippen molar-refractivity contribution in [2.75, 3.05) is 35.8 Å². The molecule has 0 saturated carbocycles. The van der Waals surface area contributed by atoms with Crippen molar-refractivity contribution in [3.8, 4) is 0 Å². The quantitative estimate of drug-likeness (QED) is 0.0744. The van der Waals surface area contributed by atoms with Crippen LogP contribution in [-0.4, -0.2) is 78.5 Å². The number of nitrogens with one attached hydrogen (secondary N) is 2. The summed E-state index contributed by atoms with van der Waals surface area (Å²) in [6.07, 6.45) is 0. The van der Waals surface area contributed by atoms with Crippen molar-refractivity contribution in [2.24, 2.45) is 5.16 Å². The number of H-pyrrole nitrogens is 1. The van der Waals surface area contributed by atoms with Gasteiger partial charge in [-0.1, -0.05) is 16.9 Å². The number of aromatic nitrogens is 3. The molecule has 0 unspecified atom stereocenters. The number of anilines is 3. The van der Waals surface area contributed by atoms with Crippen LogP contribution in [0.4, 0.5) is 16.6 Å². The summed E-state index contributed by atoms with van der Waals surface area (Å²) in [6, 6.07) is -0.987. The average Bonchev–Trinajstić information content (AvgIpc) is 3.27. The molecule has 36 heavy (non-hydrogen) atoms. The number of oxime groups is 1. The molecule has 0 aromatic carbocycles. The summed E-state index contributed by atoms with van der Waals surface area (Å²) >= 11 is 3.43. The van der Waals surface area contributed by atoms with Crippen LogP contribution >= 0.6 is 34.9 Å². The van der Waals surface area contributed by atoms with E-state index < -0.39 is 34.8 Å². The number of thioether (sulfide) groups is 2. The molecule has 0 bridgehead atoms. The molecule has 0 aliphatic carbocycles. The third-order valence-electron chi connectivity index (χ3n) is 5.04. The van der Waals surface area contributed by atoms with E-state index in [4.69, 9.17) is 22.0 Å². The Labute approximate surface area is 214 Å². The van der Waals surface area contributed by atoms with E-state index in [9.17, 15) is 24.3 Å². The van der Waals surface area contributed by atoms with Crippen molar-refractivity contribution in [2.45, 2.75) is 16.6 Å². The smallest absolute Gasteiger partial charge is 0.352 e. The van der Waals surface area contributed by atoms with Gasteiger partial charge in [-0.15, -0.1) is 23.1 Å². The van der Waals surface area contributed by atoms with E-state index in [0.29, 0.717) is 5.57 Å². The van der Waals surface area contributed by atoms with Crippen LogP contribution in [0.1, 0.15) is 5.69 Å². The number of hydrogen-bond donors (Lipinski definition) is 6. The van der Waals surface area contributed by atoms with Gasteiger partial charge in [0.2, 0.25) is 0 Å². The number of rotatable bonds is 8. The Morgan fingerprint density at radius 2 is 2.11 bits per heavy atom. The molecule has 2 amide bonds. The largest absolute Gasteiger partial charge is 0.477 e. The Kier molecular flexibility index (Phi) is 7.09. The summed E-state index contributed by atoms with van der Waals surface area (Å²) in [5.74, 6) is -2.39. The minimum atomic E-state index is -1.30. The predicted octanol–water partition coefficient (Wildman–Crippen LogP) is -1.15. The summed E-state index contributed by atoms with van der Waals surface area (Å²) in [5, 5.41) is 17.3. The fourth-order valence-electron chi connectivity index (χ4n) is 3.40. The molecule has 2 aromatic heterocycles. The Morgan fingerprint density at radius 1 is 1.36 bits per heavy atom. The van der Waals surface area contributed by atoms with Gasteiger partial charge < -0.3 is 32.5 Å². The first-order valence-electron chi connectivity index (χ1n) is 9.93. The second-order valence-corrected chi connectivity index (χ2v) is 10.2. The summed E-state index contributed by atoms with van der Waals surface area (Å²) in [4.78, 5) is 65.9. The van der Waals surface area contributed by atoms with Crippen molar-refractivity contribution < 1.29 is 24.3 Å². The predicted molar refractivity (Wildman–Crippen MR) is 134 cm³/mol. The zero-order chi connectivity index (χ0) is 26.1. The van der Waals surface area contributed by atoms with E-state index in [1.54, 1.807) is 0 Å². The van der Waals surface area contributed by atoms with Crippen molar-refractivity contribution in [3.05, 3.63) is 32.7 Å². The van der Waals surface area contributed by atoms with Gasteiger partial charge in [0.05, 0.1) is 0 Å². The first-order chi connectivity index (χ1) is 17.1. The first-order valence-corrected chi connectivity index (χ1v) is 12.8. The first kappa shape index (κ1) is 25.3. The number of β-lactam (4-membered cyclic amide) rings is 1. The molecule has 1 fully saturated rings. The fraction of sp³-hybridized carbons (Fsp3) is 0.278. The van der Waals surface area contributed by atoms with Crippen LogP contribution in [0, 0.1) is 0 Å². The van der Waals surface area contributed by atoms with Gasteiger partial charge in [-0.2, -0.15) is 0 Å². The van der Waals surface area contributed by atoms with Crippen molar-refractivity contribution in [1.82, 2.24) is 25.2 Å². The Balaban J connectivity index is 1.50. The highest BCUT2D eigenvalue weighted by Gasteiger charge is 2.54. The van der Waals surface area contributed by atoms with Crippen LogP contribution < -0.4 is 28.1 Å². The minimum absolute atomic E-state index is 0.115. The number of aliphatic carboxylic acids is 1. The van der Waals surface area contributed by atoms with Crippen molar-refractivity contribution >= 4 is 75.0 Å². The SMILES string of the molecule is CON=C(C(=O)N[C@@H]1C(=O)N2C(C(=O)O)=C(CSc3nc(N)c(N)c(=O)[nH]3)CS[C@@H]12)c1csc(N)n1. The Morgan fingerprint density at radius 3 is 2.72 bits per heavy atom. The number of nitrogens with two attached hydrogens (primary N) is 3. The Bertz CT molecular complexity index is 1370. The number of aromatic amines is 1. The molecular weight excluding hydrogens is 534 g/mol. The van der Waals surface area contributed by atoms with E-state index in [0.717, 1.165) is 28.0 Å². The standard InChI is InChI=1S/C18H19N9O6S3/c1-33-26-8(6-4-35-17(21)22-6)13(29)23-9-14(30)27-10(16(31)32)5(2-34-15(9)27)3-36-18-24-11(20)7(19)12(28)25-18/h4,9,15H,2-3,19H2,1H3,(H2,21,22)(H,23,29)(H,31,32)(H3,20,24,25,28)/t9-,15+/m1/s1. The number of hydrogen-bond acceptors (Lipinski definition) is 14. The minimum Gasteiger partial charge on any atom is -0.477 e. The number of carboxylic acid groups (broad SMARTS) is 1. The number of carbonyl (C=O) groups excluding carboxylic acids is 2. The molecule has 2 atom stereocenters. The number of amides is 2. The lowest BCUT2D eigenvalue weighted by Gasteiger charge is -2.49. The molecule has 4 heterocycles. The third-order valence-corrected chi connectivity index (χ3v) is 8.02. The molecule has 0 radical (unpaired) electrons. The van der Waals surface area contributed by atoms with E-state index in [-0.39, 0.29) is 50.4 Å². The lowest BCUT2D eigenvalue weighted by molar-refractivity contribution is -0.150. The maximum atomic E-state index is 12.9. The highest BCUT2D eigenvalue weighted by Crippen LogP contribution is 2.41. The molecule has 0 spiro atoms. The van der Waals surface area contributed by atoms with Crippen LogP contribution in [0.15, 0.2) is 31.8 Å². The van der Waals surface area contributed by atoms with Gasteiger partial charge in [0.1, 0.15) is 35.6 Å². The molecule has 190 valence electrons.